The van der Waals surface area contributed by atoms with Crippen LogP contribution in [0.3, 0.4) is 0 Å². The second-order valence-electron chi connectivity index (χ2n) is 8.24. The Morgan fingerprint density at radius 3 is 2.60 bits per heavy atom. The van der Waals surface area contributed by atoms with Crippen LogP contribution in [0.1, 0.15) is 42.6 Å². The van der Waals surface area contributed by atoms with Gasteiger partial charge >= 0.3 is 0 Å². The molecular weight excluding hydrogens is 376 g/mol. The zero-order valence-corrected chi connectivity index (χ0v) is 17.8. The molecule has 1 atom stereocenters. The molecule has 2 N–H and O–H groups in total. The smallest absolute Gasteiger partial charge is 0.191 e. The highest BCUT2D eigenvalue weighted by Crippen LogP contribution is 2.14. The molecule has 0 saturated carbocycles. The van der Waals surface area contributed by atoms with Crippen LogP contribution in [0.5, 0.6) is 0 Å². The van der Waals surface area contributed by atoms with Crippen LogP contribution >= 0.6 is 0 Å². The number of benzene rings is 1. The Balaban J connectivity index is 1.29. The maximum atomic E-state index is 5.73. The van der Waals surface area contributed by atoms with E-state index in [1.165, 1.54) is 37.1 Å². The SMILES string of the molecule is c1coc(CCNC(=NCc2ccc(CN3CCCC3)cc2)NCC2CCCO2)c1. The molecule has 2 saturated heterocycles. The second kappa shape index (κ2) is 11.2. The van der Waals surface area contributed by atoms with Gasteiger partial charge in [0, 0.05) is 32.7 Å². The Morgan fingerprint density at radius 1 is 1.03 bits per heavy atom. The number of likely N-dealkylation sites (tertiary alicyclic amines) is 1. The molecule has 0 spiro atoms. The van der Waals surface area contributed by atoms with E-state index in [0.717, 1.165) is 57.2 Å². The predicted octanol–water partition coefficient (Wildman–Crippen LogP) is 3.33. The van der Waals surface area contributed by atoms with Gasteiger partial charge in [0.05, 0.1) is 18.9 Å². The summed E-state index contributed by atoms with van der Waals surface area (Å²) < 4.78 is 11.2. The summed E-state index contributed by atoms with van der Waals surface area (Å²) in [4.78, 5) is 7.34. The maximum absolute atomic E-state index is 5.73. The third-order valence-corrected chi connectivity index (χ3v) is 5.81. The van der Waals surface area contributed by atoms with Gasteiger partial charge in [0.1, 0.15) is 5.76 Å². The number of guanidine groups is 1. The molecule has 30 heavy (non-hydrogen) atoms. The van der Waals surface area contributed by atoms with E-state index in [4.69, 9.17) is 14.1 Å². The predicted molar refractivity (Wildman–Crippen MR) is 119 cm³/mol. The molecule has 4 rings (SSSR count). The van der Waals surface area contributed by atoms with Crippen LogP contribution in [0, 0.1) is 0 Å². The summed E-state index contributed by atoms with van der Waals surface area (Å²) in [5.41, 5.74) is 2.61. The number of aliphatic imine (C=N–C) groups is 1. The third-order valence-electron chi connectivity index (χ3n) is 5.81. The molecule has 0 bridgehead atoms. The lowest BCUT2D eigenvalue weighted by Crippen LogP contribution is -2.41. The van der Waals surface area contributed by atoms with Crippen molar-refractivity contribution >= 4 is 5.96 Å². The lowest BCUT2D eigenvalue weighted by molar-refractivity contribution is 0.114. The number of hydrogen-bond donors (Lipinski definition) is 2. The quantitative estimate of drug-likeness (QED) is 0.490. The van der Waals surface area contributed by atoms with Gasteiger partial charge in [-0.15, -0.1) is 0 Å². The van der Waals surface area contributed by atoms with Crippen LogP contribution in [-0.4, -0.2) is 49.7 Å². The number of nitrogens with one attached hydrogen (secondary N) is 2. The van der Waals surface area contributed by atoms with E-state index in [9.17, 15) is 0 Å². The summed E-state index contributed by atoms with van der Waals surface area (Å²) in [5, 5.41) is 6.88. The minimum absolute atomic E-state index is 0.284. The van der Waals surface area contributed by atoms with Crippen molar-refractivity contribution in [1.29, 1.82) is 0 Å². The summed E-state index contributed by atoms with van der Waals surface area (Å²) in [5.74, 6) is 1.81. The van der Waals surface area contributed by atoms with E-state index in [0.29, 0.717) is 6.54 Å². The highest BCUT2D eigenvalue weighted by atomic mass is 16.5. The monoisotopic (exact) mass is 410 g/mol. The summed E-state index contributed by atoms with van der Waals surface area (Å²) in [6, 6.07) is 12.8. The summed E-state index contributed by atoms with van der Waals surface area (Å²) in [6.45, 7) is 6.62. The molecule has 2 aliphatic heterocycles. The first-order valence-electron chi connectivity index (χ1n) is 11.3. The van der Waals surface area contributed by atoms with Crippen molar-refractivity contribution in [3.05, 3.63) is 59.5 Å². The van der Waals surface area contributed by atoms with E-state index >= 15 is 0 Å². The Bertz CT molecular complexity index is 761. The molecule has 2 aromatic rings. The third kappa shape index (κ3) is 6.61. The highest BCUT2D eigenvalue weighted by Gasteiger charge is 2.15. The van der Waals surface area contributed by atoms with Gasteiger partial charge in [-0.05, 0) is 62.0 Å². The molecule has 0 radical (unpaired) electrons. The highest BCUT2D eigenvalue weighted by molar-refractivity contribution is 5.79. The Kier molecular flexibility index (Phi) is 7.81. The van der Waals surface area contributed by atoms with Crippen molar-refractivity contribution < 1.29 is 9.15 Å². The molecule has 1 aromatic heterocycles. The van der Waals surface area contributed by atoms with E-state index in [1.807, 2.05) is 12.1 Å². The first kappa shape index (κ1) is 20.9. The molecule has 1 unspecified atom stereocenters. The normalized spacial score (nSPS) is 20.0. The van der Waals surface area contributed by atoms with Crippen LogP contribution < -0.4 is 10.6 Å². The number of hydrogen-bond acceptors (Lipinski definition) is 4. The number of nitrogens with zero attached hydrogens (tertiary/aromatic N) is 2. The molecular formula is C24H34N4O2. The standard InChI is InChI=1S/C24H34N4O2/c1-2-14-28(13-1)19-21-9-7-20(8-10-21)17-26-24(27-18-23-6-4-16-30-23)25-12-11-22-5-3-15-29-22/h3,5,7-10,15,23H,1-2,4,6,11-14,16-19H2,(H2,25,26,27). The van der Waals surface area contributed by atoms with Crippen LogP contribution in [0.4, 0.5) is 0 Å². The van der Waals surface area contributed by atoms with Crippen molar-refractivity contribution in [2.75, 3.05) is 32.8 Å². The Hall–Kier alpha value is -2.31. The van der Waals surface area contributed by atoms with Gasteiger partial charge in [-0.25, -0.2) is 4.99 Å². The average molecular weight is 411 g/mol. The molecule has 162 valence electrons. The van der Waals surface area contributed by atoms with E-state index in [2.05, 4.69) is 39.8 Å². The fourth-order valence-electron chi connectivity index (χ4n) is 4.07. The Morgan fingerprint density at radius 2 is 1.87 bits per heavy atom. The van der Waals surface area contributed by atoms with E-state index < -0.39 is 0 Å². The zero-order chi connectivity index (χ0) is 20.4. The lowest BCUT2D eigenvalue weighted by Gasteiger charge is -2.16. The van der Waals surface area contributed by atoms with Crippen LogP contribution in [0.25, 0.3) is 0 Å². The lowest BCUT2D eigenvalue weighted by atomic mass is 10.1. The minimum atomic E-state index is 0.284. The fraction of sp³-hybridized carbons (Fsp3) is 0.542. The van der Waals surface area contributed by atoms with Gasteiger partial charge in [-0.1, -0.05) is 24.3 Å². The first-order chi connectivity index (χ1) is 14.8. The molecule has 6 nitrogen and oxygen atoms in total. The van der Waals surface area contributed by atoms with Gasteiger partial charge < -0.3 is 19.8 Å². The van der Waals surface area contributed by atoms with Crippen molar-refractivity contribution in [2.45, 2.75) is 51.3 Å². The van der Waals surface area contributed by atoms with Gasteiger partial charge in [0.2, 0.25) is 0 Å². The van der Waals surface area contributed by atoms with Crippen LogP contribution in [-0.2, 0) is 24.2 Å². The fourth-order valence-corrected chi connectivity index (χ4v) is 4.07. The summed E-state index contributed by atoms with van der Waals surface area (Å²) >= 11 is 0. The van der Waals surface area contributed by atoms with Crippen LogP contribution in [0.15, 0.2) is 52.1 Å². The first-order valence-corrected chi connectivity index (χ1v) is 11.3. The molecule has 0 amide bonds. The van der Waals surface area contributed by atoms with E-state index in [1.54, 1.807) is 6.26 Å². The number of rotatable bonds is 9. The van der Waals surface area contributed by atoms with Gasteiger partial charge in [0.25, 0.3) is 0 Å². The largest absolute Gasteiger partial charge is 0.469 e. The Labute approximate surface area is 179 Å². The van der Waals surface area contributed by atoms with Crippen molar-refractivity contribution in [3.63, 3.8) is 0 Å². The zero-order valence-electron chi connectivity index (χ0n) is 17.8. The molecule has 2 fully saturated rings. The van der Waals surface area contributed by atoms with Gasteiger partial charge in [-0.2, -0.15) is 0 Å². The number of furan rings is 1. The molecule has 2 aliphatic rings. The second-order valence-corrected chi connectivity index (χ2v) is 8.24. The van der Waals surface area contributed by atoms with Gasteiger partial charge in [-0.3, -0.25) is 4.90 Å². The number of ether oxygens (including phenoxy) is 1. The maximum Gasteiger partial charge on any atom is 0.191 e. The molecule has 0 aliphatic carbocycles. The molecule has 3 heterocycles. The topological polar surface area (TPSA) is 62.0 Å². The summed E-state index contributed by atoms with van der Waals surface area (Å²) in [6.07, 6.45) is 7.77. The van der Waals surface area contributed by atoms with Crippen molar-refractivity contribution in [1.82, 2.24) is 15.5 Å². The van der Waals surface area contributed by atoms with Crippen LogP contribution in [0.2, 0.25) is 0 Å². The average Bonchev–Trinajstić information content (AvgIpc) is 3.55. The minimum Gasteiger partial charge on any atom is -0.469 e. The van der Waals surface area contributed by atoms with Gasteiger partial charge in [0.15, 0.2) is 5.96 Å². The van der Waals surface area contributed by atoms with E-state index in [-0.39, 0.29) is 6.10 Å². The molecule has 1 aromatic carbocycles. The van der Waals surface area contributed by atoms with Crippen molar-refractivity contribution in [2.24, 2.45) is 4.99 Å². The van der Waals surface area contributed by atoms with Crippen molar-refractivity contribution in [3.8, 4) is 0 Å². The summed E-state index contributed by atoms with van der Waals surface area (Å²) in [7, 11) is 0. The molecule has 6 heteroatoms.